The van der Waals surface area contributed by atoms with E-state index in [0.29, 0.717) is 24.4 Å². The molecule has 3 nitrogen and oxygen atoms in total. The molecule has 5 heteroatoms. The molecule has 1 N–H and O–H groups in total. The first-order valence-corrected chi connectivity index (χ1v) is 7.96. The number of hydrogen-bond acceptors (Lipinski definition) is 2. The van der Waals surface area contributed by atoms with E-state index in [1.165, 1.54) is 24.3 Å². The molecule has 0 saturated carbocycles. The molecule has 0 unspecified atom stereocenters. The number of hydrogen-bond donors (Lipinski definition) is 1. The Morgan fingerprint density at radius 1 is 0.880 bits per heavy atom. The van der Waals surface area contributed by atoms with E-state index in [9.17, 15) is 13.6 Å². The van der Waals surface area contributed by atoms with E-state index in [1.807, 2.05) is 0 Å². The average Bonchev–Trinajstić information content (AvgIpc) is 3.09. The van der Waals surface area contributed by atoms with Gasteiger partial charge in [-0.25, -0.2) is 8.78 Å². The zero-order chi connectivity index (χ0) is 17.6. The summed E-state index contributed by atoms with van der Waals surface area (Å²) in [7, 11) is 0. The van der Waals surface area contributed by atoms with Crippen LogP contribution in [0.1, 0.15) is 17.7 Å². The first kappa shape index (κ1) is 16.9. The van der Waals surface area contributed by atoms with Crippen LogP contribution in [-0.2, 0) is 17.8 Å². The quantitative estimate of drug-likeness (QED) is 0.718. The molecule has 2 aromatic carbocycles. The second-order valence-corrected chi connectivity index (χ2v) is 5.68. The molecular formula is C20H17F2NO2. The highest BCUT2D eigenvalue weighted by atomic mass is 19.1. The average molecular weight is 341 g/mol. The molecule has 128 valence electrons. The summed E-state index contributed by atoms with van der Waals surface area (Å²) in [5.74, 6) is 0.543. The van der Waals surface area contributed by atoms with E-state index in [-0.39, 0.29) is 24.1 Å². The smallest absolute Gasteiger partial charge is 0.220 e. The summed E-state index contributed by atoms with van der Waals surface area (Å²) in [5, 5.41) is 2.79. The van der Waals surface area contributed by atoms with Crippen molar-refractivity contribution in [3.05, 3.63) is 83.6 Å². The van der Waals surface area contributed by atoms with Gasteiger partial charge in [-0.1, -0.05) is 12.1 Å². The predicted octanol–water partition coefficient (Wildman–Crippen LogP) is 4.47. The standard InChI is InChI=1S/C20H17F2NO2/c21-16-6-1-14(2-7-16)3-12-20(24)23-13-18-10-11-19(25-18)15-4-8-17(22)9-5-15/h1-2,4-11H,3,12-13H2,(H,23,24). The lowest BCUT2D eigenvalue weighted by Gasteiger charge is -2.04. The van der Waals surface area contributed by atoms with E-state index < -0.39 is 0 Å². The second kappa shape index (κ2) is 7.75. The molecule has 0 bridgehead atoms. The molecule has 1 aromatic heterocycles. The van der Waals surface area contributed by atoms with Crippen LogP contribution >= 0.6 is 0 Å². The molecule has 0 aliphatic heterocycles. The number of carbonyl (C=O) groups is 1. The summed E-state index contributed by atoms with van der Waals surface area (Å²) < 4.78 is 31.4. The molecular weight excluding hydrogens is 324 g/mol. The van der Waals surface area contributed by atoms with Gasteiger partial charge in [-0.3, -0.25) is 4.79 Å². The van der Waals surface area contributed by atoms with Crippen LogP contribution in [0.5, 0.6) is 0 Å². The van der Waals surface area contributed by atoms with Gasteiger partial charge in [-0.15, -0.1) is 0 Å². The van der Waals surface area contributed by atoms with Crippen molar-refractivity contribution in [1.82, 2.24) is 5.32 Å². The van der Waals surface area contributed by atoms with Gasteiger partial charge in [0, 0.05) is 12.0 Å². The number of aryl methyl sites for hydroxylation is 1. The molecule has 25 heavy (non-hydrogen) atoms. The van der Waals surface area contributed by atoms with E-state index in [1.54, 1.807) is 36.4 Å². The van der Waals surface area contributed by atoms with Gasteiger partial charge in [0.05, 0.1) is 6.54 Å². The summed E-state index contributed by atoms with van der Waals surface area (Å²) in [6, 6.07) is 15.7. The fourth-order valence-corrected chi connectivity index (χ4v) is 2.43. The van der Waals surface area contributed by atoms with Crippen LogP contribution in [0.3, 0.4) is 0 Å². The SMILES string of the molecule is O=C(CCc1ccc(F)cc1)NCc1ccc(-c2ccc(F)cc2)o1. The van der Waals surface area contributed by atoms with Gasteiger partial charge in [-0.05, 0) is 60.5 Å². The van der Waals surface area contributed by atoms with E-state index >= 15 is 0 Å². The summed E-state index contributed by atoms with van der Waals surface area (Å²) in [6.45, 7) is 0.281. The van der Waals surface area contributed by atoms with Crippen molar-refractivity contribution in [3.63, 3.8) is 0 Å². The van der Waals surface area contributed by atoms with Crippen LogP contribution in [0, 0.1) is 11.6 Å². The van der Waals surface area contributed by atoms with Crippen LogP contribution in [0.15, 0.2) is 65.1 Å². The van der Waals surface area contributed by atoms with Gasteiger partial charge in [-0.2, -0.15) is 0 Å². The van der Waals surface area contributed by atoms with Crippen molar-refractivity contribution in [2.24, 2.45) is 0 Å². The predicted molar refractivity (Wildman–Crippen MR) is 90.7 cm³/mol. The lowest BCUT2D eigenvalue weighted by molar-refractivity contribution is -0.121. The topological polar surface area (TPSA) is 42.2 Å². The molecule has 3 aromatic rings. The number of amides is 1. The minimum atomic E-state index is -0.302. The van der Waals surface area contributed by atoms with Crippen LogP contribution in [0.4, 0.5) is 8.78 Å². The van der Waals surface area contributed by atoms with E-state index in [4.69, 9.17) is 4.42 Å². The molecule has 0 spiro atoms. The number of halogens is 2. The van der Waals surface area contributed by atoms with E-state index in [0.717, 1.165) is 11.1 Å². The third-order valence-electron chi connectivity index (χ3n) is 3.80. The molecule has 0 radical (unpaired) electrons. The highest BCUT2D eigenvalue weighted by Crippen LogP contribution is 2.22. The highest BCUT2D eigenvalue weighted by molar-refractivity contribution is 5.76. The lowest BCUT2D eigenvalue weighted by Crippen LogP contribution is -2.22. The summed E-state index contributed by atoms with van der Waals surface area (Å²) >= 11 is 0. The Labute approximate surface area is 144 Å². The number of carbonyl (C=O) groups excluding carboxylic acids is 1. The minimum absolute atomic E-state index is 0.107. The second-order valence-electron chi connectivity index (χ2n) is 5.68. The Balaban J connectivity index is 1.49. The van der Waals surface area contributed by atoms with Crippen LogP contribution in [0.25, 0.3) is 11.3 Å². The zero-order valence-electron chi connectivity index (χ0n) is 13.5. The number of nitrogens with one attached hydrogen (secondary N) is 1. The van der Waals surface area contributed by atoms with Crippen LogP contribution in [0.2, 0.25) is 0 Å². The van der Waals surface area contributed by atoms with Gasteiger partial charge in [0.2, 0.25) is 5.91 Å². The molecule has 0 fully saturated rings. The molecule has 1 heterocycles. The van der Waals surface area contributed by atoms with Gasteiger partial charge < -0.3 is 9.73 Å². The third kappa shape index (κ3) is 4.76. The van der Waals surface area contributed by atoms with Crippen molar-refractivity contribution in [2.75, 3.05) is 0 Å². The van der Waals surface area contributed by atoms with Crippen LogP contribution in [-0.4, -0.2) is 5.91 Å². The minimum Gasteiger partial charge on any atom is -0.459 e. The highest BCUT2D eigenvalue weighted by Gasteiger charge is 2.07. The van der Waals surface area contributed by atoms with Crippen molar-refractivity contribution >= 4 is 5.91 Å². The maximum absolute atomic E-state index is 12.9. The Hall–Kier alpha value is -2.95. The Morgan fingerprint density at radius 2 is 1.52 bits per heavy atom. The zero-order valence-corrected chi connectivity index (χ0v) is 13.5. The van der Waals surface area contributed by atoms with Crippen molar-refractivity contribution < 1.29 is 18.0 Å². The van der Waals surface area contributed by atoms with Gasteiger partial charge in [0.15, 0.2) is 0 Å². The number of furan rings is 1. The van der Waals surface area contributed by atoms with Gasteiger partial charge in [0.25, 0.3) is 0 Å². The fourth-order valence-electron chi connectivity index (χ4n) is 2.43. The largest absolute Gasteiger partial charge is 0.459 e. The molecule has 0 aliphatic carbocycles. The molecule has 1 amide bonds. The monoisotopic (exact) mass is 341 g/mol. The first-order chi connectivity index (χ1) is 12.1. The number of benzene rings is 2. The summed E-state index contributed by atoms with van der Waals surface area (Å²) in [5.41, 5.74) is 1.68. The van der Waals surface area contributed by atoms with Gasteiger partial charge >= 0.3 is 0 Å². The Bertz CT molecular complexity index is 839. The van der Waals surface area contributed by atoms with Crippen molar-refractivity contribution in [1.29, 1.82) is 0 Å². The summed E-state index contributed by atoms with van der Waals surface area (Å²) in [4.78, 5) is 11.9. The molecule has 0 aliphatic rings. The molecule has 3 rings (SSSR count). The maximum atomic E-state index is 12.9. The maximum Gasteiger partial charge on any atom is 0.220 e. The Morgan fingerprint density at radius 3 is 2.20 bits per heavy atom. The Kier molecular flexibility index (Phi) is 5.23. The van der Waals surface area contributed by atoms with Gasteiger partial charge in [0.1, 0.15) is 23.2 Å². The van der Waals surface area contributed by atoms with Crippen molar-refractivity contribution in [3.8, 4) is 11.3 Å². The van der Waals surface area contributed by atoms with Crippen LogP contribution < -0.4 is 5.32 Å². The lowest BCUT2D eigenvalue weighted by atomic mass is 10.1. The normalized spacial score (nSPS) is 10.6. The molecule has 0 saturated heterocycles. The van der Waals surface area contributed by atoms with Crippen molar-refractivity contribution in [2.45, 2.75) is 19.4 Å². The number of rotatable bonds is 6. The third-order valence-corrected chi connectivity index (χ3v) is 3.80. The first-order valence-electron chi connectivity index (χ1n) is 7.96. The van der Waals surface area contributed by atoms with E-state index in [2.05, 4.69) is 5.32 Å². The summed E-state index contributed by atoms with van der Waals surface area (Å²) in [6.07, 6.45) is 0.863. The molecule has 0 atom stereocenters. The fraction of sp³-hybridized carbons (Fsp3) is 0.150.